The molecule has 0 spiro atoms. The van der Waals surface area contributed by atoms with Crippen LogP contribution < -0.4 is 0 Å². The second kappa shape index (κ2) is 8.18. The molecule has 0 saturated carbocycles. The number of imidazole rings is 1. The van der Waals surface area contributed by atoms with Crippen molar-refractivity contribution in [2.45, 2.75) is 32.4 Å². The van der Waals surface area contributed by atoms with Crippen molar-refractivity contribution in [3.63, 3.8) is 0 Å². The van der Waals surface area contributed by atoms with Gasteiger partial charge in [0.25, 0.3) is 7.98 Å². The van der Waals surface area contributed by atoms with Crippen molar-refractivity contribution in [2.24, 2.45) is 16.5 Å². The zero-order chi connectivity index (χ0) is 20.7. The van der Waals surface area contributed by atoms with Crippen LogP contribution >= 0.6 is 31.7 Å². The van der Waals surface area contributed by atoms with Crippen LogP contribution in [-0.2, 0) is 20.5 Å². The monoisotopic (exact) mass is 449 g/mol. The highest BCUT2D eigenvalue weighted by atomic mass is 32.2. The minimum atomic E-state index is -0.782. The van der Waals surface area contributed by atoms with Gasteiger partial charge in [-0.25, -0.2) is 14.3 Å². The van der Waals surface area contributed by atoms with E-state index >= 15 is 0 Å². The number of fused-ring (bicyclic) bond motifs is 2. The van der Waals surface area contributed by atoms with Crippen LogP contribution in [0.5, 0.6) is 0 Å². The number of rotatable bonds is 7. The van der Waals surface area contributed by atoms with Crippen molar-refractivity contribution in [1.29, 1.82) is 0 Å². The van der Waals surface area contributed by atoms with Crippen LogP contribution in [0.15, 0.2) is 27.0 Å². The second-order valence-electron chi connectivity index (χ2n) is 6.84. The molecule has 1 fully saturated rings. The highest BCUT2D eigenvalue weighted by Gasteiger charge is 2.60. The number of aliphatic hydroxyl groups excluding tert-OH is 1. The lowest BCUT2D eigenvalue weighted by Crippen LogP contribution is -2.63. The number of nitrogens with zero attached hydrogens (tertiary/aromatic N) is 5. The second-order valence-corrected chi connectivity index (χ2v) is 9.36. The first-order valence-corrected chi connectivity index (χ1v) is 11.5. The van der Waals surface area contributed by atoms with E-state index in [4.69, 9.17) is 12.5 Å². The summed E-state index contributed by atoms with van der Waals surface area (Å²) in [6.07, 6.45) is 1.79. The topological polar surface area (TPSA) is 109 Å². The Morgan fingerprint density at radius 3 is 3.07 bits per heavy atom. The van der Waals surface area contributed by atoms with E-state index in [9.17, 15) is 14.7 Å². The van der Waals surface area contributed by atoms with Crippen molar-refractivity contribution >= 4 is 56.5 Å². The standard InChI is InChI=1S/C16H17BN5O4PS2/c1-7-11-10(8(2)23)14(24)22(11)12(15(25)26-27-20-17)13(7)28-4-3-9-5-21-16(19-9)29-6-18-21/h5-8,10-11,23H,3-4H2,1-2H3/t7-,8?,10?,11?/m1/s1. The summed E-state index contributed by atoms with van der Waals surface area (Å²) < 4.78 is 10.0. The number of aromatic nitrogens is 3. The van der Waals surface area contributed by atoms with Crippen LogP contribution in [0.4, 0.5) is 0 Å². The number of amides is 1. The quantitative estimate of drug-likeness (QED) is 0.390. The largest absolute Gasteiger partial charge is 0.393 e. The Hall–Kier alpha value is -1.75. The molecule has 1 saturated heterocycles. The van der Waals surface area contributed by atoms with E-state index in [2.05, 4.69) is 14.7 Å². The molecule has 2 aliphatic rings. The third-order valence-corrected chi connectivity index (χ3v) is 7.44. The maximum Gasteiger partial charge on any atom is 0.365 e. The maximum atomic E-state index is 12.6. The van der Waals surface area contributed by atoms with Gasteiger partial charge < -0.3 is 19.2 Å². The Morgan fingerprint density at radius 2 is 2.38 bits per heavy atom. The lowest BCUT2D eigenvalue weighted by molar-refractivity contribution is -0.162. The molecule has 2 aromatic heterocycles. The smallest absolute Gasteiger partial charge is 0.365 e. The molecule has 150 valence electrons. The molecular formula is C16H17BN5O4PS2. The molecule has 0 aromatic carbocycles. The van der Waals surface area contributed by atoms with E-state index in [1.165, 1.54) is 28.0 Å². The number of β-lactam (4-membered cyclic amide) rings is 1. The molecule has 1 amide bonds. The molecule has 4 atom stereocenters. The number of aliphatic hydroxyl groups is 1. The molecule has 13 heteroatoms. The SMILES string of the molecule is [B]N=POC(=O)C1=C(SCCc2cn3ncsc3n2)[C@H](C)C2C(C(C)O)C(=O)N12. The van der Waals surface area contributed by atoms with Crippen LogP contribution in [0.2, 0.25) is 0 Å². The first-order chi connectivity index (χ1) is 13.9. The lowest BCUT2D eigenvalue weighted by atomic mass is 9.79. The molecule has 2 aliphatic heterocycles. The number of thioether (sulfide) groups is 1. The number of carbonyl (C=O) groups is 2. The van der Waals surface area contributed by atoms with Gasteiger partial charge in [0.2, 0.25) is 19.5 Å². The number of hydrogen-bond donors (Lipinski definition) is 1. The van der Waals surface area contributed by atoms with Crippen molar-refractivity contribution in [3.05, 3.63) is 28.0 Å². The molecule has 1 N–H and O–H groups in total. The van der Waals surface area contributed by atoms with E-state index in [-0.39, 0.29) is 32.2 Å². The molecule has 4 heterocycles. The summed E-state index contributed by atoms with van der Waals surface area (Å²) in [4.78, 5) is 32.8. The minimum absolute atomic E-state index is 0.0288. The Kier molecular flexibility index (Phi) is 5.79. The van der Waals surface area contributed by atoms with Gasteiger partial charge in [0.15, 0.2) is 0 Å². The van der Waals surface area contributed by atoms with Gasteiger partial charge >= 0.3 is 5.97 Å². The van der Waals surface area contributed by atoms with E-state index in [0.29, 0.717) is 12.2 Å². The van der Waals surface area contributed by atoms with Gasteiger partial charge in [0.05, 0.1) is 30.0 Å². The summed E-state index contributed by atoms with van der Waals surface area (Å²) >= 11 is 2.97. The van der Waals surface area contributed by atoms with Gasteiger partial charge in [0.1, 0.15) is 11.2 Å². The number of hydrogen-bond acceptors (Lipinski definition) is 9. The van der Waals surface area contributed by atoms with E-state index < -0.39 is 18.0 Å². The van der Waals surface area contributed by atoms with Gasteiger partial charge in [-0.1, -0.05) is 18.3 Å². The first-order valence-electron chi connectivity index (χ1n) is 8.91. The van der Waals surface area contributed by atoms with Crippen molar-refractivity contribution in [3.8, 4) is 0 Å². The van der Waals surface area contributed by atoms with Gasteiger partial charge in [-0.3, -0.25) is 4.79 Å². The summed E-state index contributed by atoms with van der Waals surface area (Å²) in [5, 5.41) is 14.2. The maximum absolute atomic E-state index is 12.6. The van der Waals surface area contributed by atoms with Crippen LogP contribution in [0.25, 0.3) is 4.96 Å². The average molecular weight is 449 g/mol. The molecule has 2 aromatic rings. The van der Waals surface area contributed by atoms with E-state index in [1.807, 2.05) is 13.1 Å². The van der Waals surface area contributed by atoms with Crippen molar-refractivity contribution in [2.75, 3.05) is 5.75 Å². The highest BCUT2D eigenvalue weighted by molar-refractivity contribution is 8.03. The van der Waals surface area contributed by atoms with Crippen molar-refractivity contribution < 1.29 is 19.2 Å². The van der Waals surface area contributed by atoms with E-state index in [1.54, 1.807) is 16.9 Å². The number of aryl methyl sites for hydroxylation is 1. The fourth-order valence-electron chi connectivity index (χ4n) is 3.88. The highest BCUT2D eigenvalue weighted by Crippen LogP contribution is 2.50. The lowest BCUT2D eigenvalue weighted by Gasteiger charge is -2.46. The molecule has 29 heavy (non-hydrogen) atoms. The summed E-state index contributed by atoms with van der Waals surface area (Å²) in [7, 11) is 5.03. The molecule has 4 rings (SSSR count). The molecular weight excluding hydrogens is 432 g/mol. The van der Waals surface area contributed by atoms with Gasteiger partial charge in [0, 0.05) is 23.0 Å². The van der Waals surface area contributed by atoms with Crippen LogP contribution in [0.1, 0.15) is 19.5 Å². The third kappa shape index (κ3) is 3.52. The Morgan fingerprint density at radius 1 is 1.59 bits per heavy atom. The Labute approximate surface area is 177 Å². The molecule has 3 unspecified atom stereocenters. The van der Waals surface area contributed by atoms with Crippen LogP contribution in [-0.4, -0.2) is 62.4 Å². The van der Waals surface area contributed by atoms with Crippen LogP contribution in [0.3, 0.4) is 0 Å². The van der Waals surface area contributed by atoms with Gasteiger partial charge in [-0.05, 0) is 6.92 Å². The normalized spacial score (nSPS) is 25.0. The first kappa shape index (κ1) is 20.5. The fraction of sp³-hybridized carbons (Fsp3) is 0.500. The van der Waals surface area contributed by atoms with Gasteiger partial charge in [-0.15, -0.1) is 11.8 Å². The summed E-state index contributed by atoms with van der Waals surface area (Å²) in [6, 6.07) is -0.249. The van der Waals surface area contributed by atoms with Gasteiger partial charge in [-0.2, -0.15) is 5.10 Å². The van der Waals surface area contributed by atoms with E-state index in [0.717, 1.165) is 15.6 Å². The zero-order valence-corrected chi connectivity index (χ0v) is 18.2. The van der Waals surface area contributed by atoms with Crippen molar-refractivity contribution in [1.82, 2.24) is 19.5 Å². The zero-order valence-electron chi connectivity index (χ0n) is 15.6. The predicted molar refractivity (Wildman–Crippen MR) is 110 cm³/mol. The summed E-state index contributed by atoms with van der Waals surface area (Å²) in [6.45, 7) is 3.56. The summed E-state index contributed by atoms with van der Waals surface area (Å²) in [5.74, 6) is -0.830. The molecule has 2 radical (unpaired) electrons. The fourth-order valence-corrected chi connectivity index (χ4v) is 5.96. The predicted octanol–water partition coefficient (Wildman–Crippen LogP) is 1.81. The third-order valence-electron chi connectivity index (χ3n) is 5.12. The molecule has 0 aliphatic carbocycles. The molecule has 0 bridgehead atoms. The minimum Gasteiger partial charge on any atom is -0.393 e. The average Bonchev–Trinajstić information content (AvgIpc) is 3.32. The number of carbonyl (C=O) groups excluding carboxylic acids is 2. The Balaban J connectivity index is 1.53. The van der Waals surface area contributed by atoms with Crippen LogP contribution in [0, 0.1) is 11.8 Å². The summed E-state index contributed by atoms with van der Waals surface area (Å²) in [5.41, 5.74) is 2.88. The Bertz CT molecular complexity index is 994. The molecule has 9 nitrogen and oxygen atoms in total.